The zero-order valence-electron chi connectivity index (χ0n) is 15.5. The second-order valence-electron chi connectivity index (χ2n) is 6.66. The number of nitrogens with two attached hydrogens (primary N) is 1. The monoisotopic (exact) mass is 368 g/mol. The first-order valence-electron chi connectivity index (χ1n) is 9.07. The fraction of sp³-hybridized carbons (Fsp3) is 0.0870. The van der Waals surface area contributed by atoms with Gasteiger partial charge in [-0.05, 0) is 18.1 Å². The molecular weight excluding hydrogens is 348 g/mol. The first-order chi connectivity index (χ1) is 13.6. The van der Waals surface area contributed by atoms with Gasteiger partial charge in [0.05, 0.1) is 5.92 Å². The van der Waals surface area contributed by atoms with Crippen molar-refractivity contribution in [2.45, 2.75) is 12.8 Å². The van der Waals surface area contributed by atoms with Gasteiger partial charge in [-0.25, -0.2) is 0 Å². The molecule has 4 rings (SSSR count). The Hall–Kier alpha value is -3.73. The summed E-state index contributed by atoms with van der Waals surface area (Å²) in [7, 11) is 0. The fourth-order valence-electron chi connectivity index (χ4n) is 3.20. The summed E-state index contributed by atoms with van der Waals surface area (Å²) in [4.78, 5) is 17.8. The molecular formula is C23H20N4O. The van der Waals surface area contributed by atoms with Crippen LogP contribution in [-0.2, 0) is 0 Å². The minimum atomic E-state index is -0.516. The largest absolute Gasteiger partial charge is 0.368 e. The van der Waals surface area contributed by atoms with Gasteiger partial charge < -0.3 is 5.73 Å². The molecule has 28 heavy (non-hydrogen) atoms. The topological polar surface area (TPSA) is 73.8 Å². The minimum Gasteiger partial charge on any atom is -0.368 e. The summed E-state index contributed by atoms with van der Waals surface area (Å²) in [6.45, 7) is 2.01. The third kappa shape index (κ3) is 3.42. The maximum Gasteiger partial charge on any atom is 0.262 e. The van der Waals surface area contributed by atoms with Crippen molar-refractivity contribution >= 4 is 11.9 Å². The molecule has 1 aromatic heterocycles. The van der Waals surface area contributed by atoms with Crippen LogP contribution in [0.15, 0.2) is 84.9 Å². The number of rotatable bonds is 4. The molecule has 0 aliphatic carbocycles. The van der Waals surface area contributed by atoms with E-state index in [4.69, 9.17) is 5.73 Å². The first kappa shape index (κ1) is 17.7. The van der Waals surface area contributed by atoms with Crippen molar-refractivity contribution in [1.82, 2.24) is 14.8 Å². The Kier molecular flexibility index (Phi) is 4.72. The third-order valence-electron chi connectivity index (χ3n) is 4.66. The highest BCUT2D eigenvalue weighted by atomic mass is 16.2. The zero-order valence-corrected chi connectivity index (χ0v) is 15.5. The Bertz CT molecular complexity index is 1050. The quantitative estimate of drug-likeness (QED) is 0.582. The molecule has 2 N–H and O–H groups in total. The van der Waals surface area contributed by atoms with Crippen molar-refractivity contribution in [1.29, 1.82) is 0 Å². The standard InChI is InChI=1S/C23H20N4O/c1-16-12-14-19(15-13-16)21-25-23(24)27(26-21)22(28)20(17-8-4-2-5-9-17)18-10-6-3-7-11-18/h2-15,20H,1H3,(H2,24,25,26). The maximum absolute atomic E-state index is 13.4. The summed E-state index contributed by atoms with van der Waals surface area (Å²) in [5.41, 5.74) is 9.79. The van der Waals surface area contributed by atoms with Crippen molar-refractivity contribution in [3.63, 3.8) is 0 Å². The Morgan fingerprint density at radius 1 is 0.857 bits per heavy atom. The molecule has 0 aliphatic rings. The third-order valence-corrected chi connectivity index (χ3v) is 4.66. The van der Waals surface area contributed by atoms with E-state index in [1.54, 1.807) is 0 Å². The maximum atomic E-state index is 13.4. The van der Waals surface area contributed by atoms with Crippen LogP contribution >= 0.6 is 0 Å². The molecule has 5 nitrogen and oxygen atoms in total. The predicted octanol–water partition coefficient (Wildman–Crippen LogP) is 4.31. The lowest BCUT2D eigenvalue weighted by Crippen LogP contribution is -2.24. The van der Waals surface area contributed by atoms with Gasteiger partial charge in [-0.15, -0.1) is 5.10 Å². The average molecular weight is 368 g/mol. The number of nitrogens with zero attached hydrogens (tertiary/aromatic N) is 3. The Balaban J connectivity index is 1.76. The van der Waals surface area contributed by atoms with E-state index in [1.165, 1.54) is 4.68 Å². The lowest BCUT2D eigenvalue weighted by atomic mass is 9.90. The molecule has 0 saturated heterocycles. The van der Waals surface area contributed by atoms with E-state index in [0.717, 1.165) is 22.3 Å². The van der Waals surface area contributed by atoms with E-state index in [0.29, 0.717) is 5.82 Å². The van der Waals surface area contributed by atoms with Gasteiger partial charge in [0.1, 0.15) is 0 Å². The molecule has 3 aromatic carbocycles. The van der Waals surface area contributed by atoms with Crippen molar-refractivity contribution < 1.29 is 4.79 Å². The lowest BCUT2D eigenvalue weighted by Gasteiger charge is -2.16. The van der Waals surface area contributed by atoms with Gasteiger partial charge in [-0.2, -0.15) is 9.67 Å². The molecule has 1 heterocycles. The van der Waals surface area contributed by atoms with E-state index in [9.17, 15) is 4.79 Å². The number of aryl methyl sites for hydroxylation is 1. The normalized spacial score (nSPS) is 10.9. The van der Waals surface area contributed by atoms with Crippen molar-refractivity contribution in [3.8, 4) is 11.4 Å². The summed E-state index contributed by atoms with van der Waals surface area (Å²) in [5, 5.41) is 4.41. The van der Waals surface area contributed by atoms with Crippen LogP contribution < -0.4 is 5.73 Å². The number of benzene rings is 3. The van der Waals surface area contributed by atoms with Crippen molar-refractivity contribution in [3.05, 3.63) is 102 Å². The minimum absolute atomic E-state index is 0.0810. The number of anilines is 1. The van der Waals surface area contributed by atoms with Gasteiger partial charge in [0, 0.05) is 5.56 Å². The molecule has 0 radical (unpaired) electrons. The number of hydrogen-bond donors (Lipinski definition) is 1. The fourth-order valence-corrected chi connectivity index (χ4v) is 3.20. The van der Waals surface area contributed by atoms with E-state index in [2.05, 4.69) is 10.1 Å². The summed E-state index contributed by atoms with van der Waals surface area (Å²) in [6, 6.07) is 27.1. The van der Waals surface area contributed by atoms with Crippen LogP contribution in [0.4, 0.5) is 5.95 Å². The molecule has 0 bridgehead atoms. The van der Waals surface area contributed by atoms with Gasteiger partial charge >= 0.3 is 0 Å². The highest BCUT2D eigenvalue weighted by molar-refractivity contribution is 5.90. The predicted molar refractivity (Wildman–Crippen MR) is 110 cm³/mol. The van der Waals surface area contributed by atoms with Crippen LogP contribution in [0.3, 0.4) is 0 Å². The summed E-state index contributed by atoms with van der Waals surface area (Å²) >= 11 is 0. The Morgan fingerprint density at radius 2 is 1.39 bits per heavy atom. The average Bonchev–Trinajstić information content (AvgIpc) is 3.12. The summed E-state index contributed by atoms with van der Waals surface area (Å²) in [6.07, 6.45) is 0. The summed E-state index contributed by atoms with van der Waals surface area (Å²) in [5.74, 6) is -0.235. The van der Waals surface area contributed by atoms with Gasteiger partial charge in [0.25, 0.3) is 5.91 Å². The number of nitrogen functional groups attached to an aromatic ring is 1. The highest BCUT2D eigenvalue weighted by Crippen LogP contribution is 2.28. The molecule has 4 aromatic rings. The van der Waals surface area contributed by atoms with Crippen LogP contribution in [0.1, 0.15) is 27.4 Å². The second kappa shape index (κ2) is 7.48. The van der Waals surface area contributed by atoms with Gasteiger partial charge in [0.15, 0.2) is 5.82 Å². The number of carbonyl (C=O) groups is 1. The lowest BCUT2D eigenvalue weighted by molar-refractivity contribution is 0.0880. The molecule has 0 unspecified atom stereocenters. The van der Waals surface area contributed by atoms with E-state index in [-0.39, 0.29) is 11.9 Å². The van der Waals surface area contributed by atoms with Gasteiger partial charge in [0.2, 0.25) is 5.95 Å². The Morgan fingerprint density at radius 3 is 1.93 bits per heavy atom. The molecule has 138 valence electrons. The SMILES string of the molecule is Cc1ccc(-c2nc(N)n(C(=O)C(c3ccccc3)c3ccccc3)n2)cc1. The number of aromatic nitrogens is 3. The summed E-state index contributed by atoms with van der Waals surface area (Å²) < 4.78 is 1.21. The Labute approximate surface area is 163 Å². The molecule has 0 spiro atoms. The van der Waals surface area contributed by atoms with Crippen LogP contribution in [0.25, 0.3) is 11.4 Å². The molecule has 0 amide bonds. The zero-order chi connectivity index (χ0) is 19.5. The first-order valence-corrected chi connectivity index (χ1v) is 9.07. The molecule has 0 atom stereocenters. The molecule has 5 heteroatoms. The van der Waals surface area contributed by atoms with Gasteiger partial charge in [-0.3, -0.25) is 4.79 Å². The van der Waals surface area contributed by atoms with Crippen LogP contribution in [0.2, 0.25) is 0 Å². The molecule has 0 aliphatic heterocycles. The number of carbonyl (C=O) groups excluding carboxylic acids is 1. The van der Waals surface area contributed by atoms with E-state index < -0.39 is 5.92 Å². The van der Waals surface area contributed by atoms with E-state index in [1.807, 2.05) is 91.9 Å². The van der Waals surface area contributed by atoms with Crippen LogP contribution in [0.5, 0.6) is 0 Å². The van der Waals surface area contributed by atoms with Crippen LogP contribution in [-0.4, -0.2) is 20.7 Å². The van der Waals surface area contributed by atoms with Gasteiger partial charge in [-0.1, -0.05) is 90.5 Å². The molecule has 0 saturated carbocycles. The van der Waals surface area contributed by atoms with Crippen molar-refractivity contribution in [2.24, 2.45) is 0 Å². The van der Waals surface area contributed by atoms with Crippen LogP contribution in [0, 0.1) is 6.92 Å². The van der Waals surface area contributed by atoms with E-state index >= 15 is 0 Å². The highest BCUT2D eigenvalue weighted by Gasteiger charge is 2.27. The molecule has 0 fully saturated rings. The second-order valence-corrected chi connectivity index (χ2v) is 6.66. The van der Waals surface area contributed by atoms with Crippen molar-refractivity contribution in [2.75, 3.05) is 5.73 Å². The smallest absolute Gasteiger partial charge is 0.262 e. The number of hydrogen-bond acceptors (Lipinski definition) is 4.